The Labute approximate surface area is 122 Å². The Hall–Kier alpha value is -1.21. The Morgan fingerprint density at radius 2 is 2.00 bits per heavy atom. The van der Waals surface area contributed by atoms with Gasteiger partial charge in [-0.2, -0.15) is 0 Å². The number of nitrogen functional groups attached to an aromatic ring is 1. The molecule has 7 heteroatoms. The van der Waals surface area contributed by atoms with Gasteiger partial charge in [0.2, 0.25) is 10.0 Å². The van der Waals surface area contributed by atoms with Crippen LogP contribution in [0.4, 0.5) is 14.5 Å². The van der Waals surface area contributed by atoms with E-state index in [-0.39, 0.29) is 0 Å². The molecule has 1 aromatic carbocycles. The predicted molar refractivity (Wildman–Crippen MR) is 74.9 cm³/mol. The molecule has 2 bridgehead atoms. The fraction of sp³-hybridized carbons (Fsp3) is 0.571. The van der Waals surface area contributed by atoms with Gasteiger partial charge in [-0.25, -0.2) is 21.9 Å². The predicted octanol–water partition coefficient (Wildman–Crippen LogP) is 2.26. The molecule has 21 heavy (non-hydrogen) atoms. The average Bonchev–Trinajstić information content (AvgIpc) is 3.05. The minimum Gasteiger partial charge on any atom is -0.394 e. The van der Waals surface area contributed by atoms with Gasteiger partial charge in [0.25, 0.3) is 0 Å². The molecule has 116 valence electrons. The summed E-state index contributed by atoms with van der Waals surface area (Å²) in [4.78, 5) is -0.593. The number of hydrogen-bond acceptors (Lipinski definition) is 3. The summed E-state index contributed by atoms with van der Waals surface area (Å²) in [5.41, 5.74) is 4.44. The third-order valence-electron chi connectivity index (χ3n) is 4.80. The second-order valence-corrected chi connectivity index (χ2v) is 7.80. The van der Waals surface area contributed by atoms with Crippen LogP contribution < -0.4 is 10.5 Å². The van der Waals surface area contributed by atoms with Crippen molar-refractivity contribution in [3.63, 3.8) is 0 Å². The number of rotatable bonds is 4. The highest BCUT2D eigenvalue weighted by Gasteiger charge is 2.39. The molecule has 2 aliphatic carbocycles. The molecule has 2 aliphatic rings. The van der Waals surface area contributed by atoms with Gasteiger partial charge in [-0.1, -0.05) is 6.42 Å². The molecule has 3 atom stereocenters. The van der Waals surface area contributed by atoms with Crippen molar-refractivity contribution in [1.82, 2.24) is 4.72 Å². The first kappa shape index (κ1) is 14.7. The monoisotopic (exact) mass is 316 g/mol. The van der Waals surface area contributed by atoms with E-state index in [1.807, 2.05) is 0 Å². The second kappa shape index (κ2) is 5.21. The van der Waals surface area contributed by atoms with E-state index < -0.39 is 32.2 Å². The van der Waals surface area contributed by atoms with Crippen molar-refractivity contribution in [2.45, 2.75) is 30.6 Å². The molecule has 0 heterocycles. The minimum absolute atomic E-state index is 0.306. The summed E-state index contributed by atoms with van der Waals surface area (Å²) in [6.45, 7) is 0.306. The summed E-state index contributed by atoms with van der Waals surface area (Å²) in [6.07, 6.45) is 4.58. The number of hydrogen-bond donors (Lipinski definition) is 2. The van der Waals surface area contributed by atoms with Crippen molar-refractivity contribution in [3.8, 4) is 0 Å². The summed E-state index contributed by atoms with van der Waals surface area (Å²) in [7, 11) is -4.01. The SMILES string of the molecule is Nc1c(F)ccc(S(=O)(=O)NCC2CC3CCC2C3)c1F. The molecule has 2 fully saturated rings. The van der Waals surface area contributed by atoms with Crippen LogP contribution in [0.5, 0.6) is 0 Å². The molecule has 3 rings (SSSR count). The summed E-state index contributed by atoms with van der Waals surface area (Å²) < 4.78 is 53.7. The lowest BCUT2D eigenvalue weighted by Crippen LogP contribution is -2.32. The number of fused-ring (bicyclic) bond motifs is 2. The summed E-state index contributed by atoms with van der Waals surface area (Å²) in [5.74, 6) is -0.585. The fourth-order valence-electron chi connectivity index (χ4n) is 3.68. The molecular formula is C14H18F2N2O2S. The van der Waals surface area contributed by atoms with Gasteiger partial charge in [0, 0.05) is 6.54 Å². The van der Waals surface area contributed by atoms with E-state index >= 15 is 0 Å². The van der Waals surface area contributed by atoms with Crippen LogP contribution in [0.3, 0.4) is 0 Å². The number of halogens is 2. The Kier molecular flexibility index (Phi) is 3.65. The van der Waals surface area contributed by atoms with Crippen molar-refractivity contribution in [2.24, 2.45) is 17.8 Å². The highest BCUT2D eigenvalue weighted by molar-refractivity contribution is 7.89. The molecule has 3 N–H and O–H groups in total. The van der Waals surface area contributed by atoms with Gasteiger partial charge in [-0.3, -0.25) is 0 Å². The van der Waals surface area contributed by atoms with Gasteiger partial charge < -0.3 is 5.73 Å². The lowest BCUT2D eigenvalue weighted by Gasteiger charge is -2.21. The fourth-order valence-corrected chi connectivity index (χ4v) is 4.86. The molecule has 4 nitrogen and oxygen atoms in total. The lowest BCUT2D eigenvalue weighted by molar-refractivity contribution is 0.332. The van der Waals surface area contributed by atoms with E-state index in [4.69, 9.17) is 5.73 Å². The molecule has 1 aromatic rings. The molecule has 3 unspecified atom stereocenters. The van der Waals surface area contributed by atoms with Crippen molar-refractivity contribution >= 4 is 15.7 Å². The maximum Gasteiger partial charge on any atom is 0.243 e. The van der Waals surface area contributed by atoms with Crippen LogP contribution in [0.1, 0.15) is 25.7 Å². The molecule has 0 saturated heterocycles. The zero-order valence-corrected chi connectivity index (χ0v) is 12.3. The Bertz CT molecular complexity index is 663. The van der Waals surface area contributed by atoms with E-state index in [9.17, 15) is 17.2 Å². The summed E-state index contributed by atoms with van der Waals surface area (Å²) in [6, 6.07) is 1.77. The Morgan fingerprint density at radius 1 is 1.24 bits per heavy atom. The first-order valence-corrected chi connectivity index (χ1v) is 8.60. The number of anilines is 1. The first-order valence-electron chi connectivity index (χ1n) is 7.11. The standard InChI is InChI=1S/C14H18F2N2O2S/c15-11-3-4-12(13(16)14(11)17)21(19,20)18-7-10-6-8-1-2-9(10)5-8/h3-4,8-10,18H,1-2,5-7,17H2. The number of nitrogens with two attached hydrogens (primary N) is 1. The van der Waals surface area contributed by atoms with Gasteiger partial charge in [-0.15, -0.1) is 0 Å². The van der Waals surface area contributed by atoms with E-state index in [0.29, 0.717) is 24.3 Å². The van der Waals surface area contributed by atoms with Gasteiger partial charge in [0.05, 0.1) is 0 Å². The maximum absolute atomic E-state index is 13.8. The average molecular weight is 316 g/mol. The van der Waals surface area contributed by atoms with Gasteiger partial charge in [0.15, 0.2) is 5.82 Å². The number of nitrogens with one attached hydrogen (secondary N) is 1. The van der Waals surface area contributed by atoms with E-state index in [1.54, 1.807) is 0 Å². The van der Waals surface area contributed by atoms with Crippen LogP contribution in [0.15, 0.2) is 17.0 Å². The van der Waals surface area contributed by atoms with E-state index in [1.165, 1.54) is 12.8 Å². The van der Waals surface area contributed by atoms with E-state index in [2.05, 4.69) is 4.72 Å². The van der Waals surface area contributed by atoms with Crippen molar-refractivity contribution in [1.29, 1.82) is 0 Å². The van der Waals surface area contributed by atoms with Crippen LogP contribution in [-0.2, 0) is 10.0 Å². The summed E-state index contributed by atoms with van der Waals surface area (Å²) >= 11 is 0. The zero-order chi connectivity index (χ0) is 15.2. The number of sulfonamides is 1. The van der Waals surface area contributed by atoms with Crippen molar-refractivity contribution in [2.75, 3.05) is 12.3 Å². The second-order valence-electron chi connectivity index (χ2n) is 6.06. The quantitative estimate of drug-likeness (QED) is 0.837. The highest BCUT2D eigenvalue weighted by atomic mass is 32.2. The molecule has 0 aliphatic heterocycles. The first-order chi connectivity index (χ1) is 9.88. The lowest BCUT2D eigenvalue weighted by atomic mass is 9.89. The Balaban J connectivity index is 1.74. The van der Waals surface area contributed by atoms with E-state index in [0.717, 1.165) is 25.0 Å². The third kappa shape index (κ3) is 2.64. The zero-order valence-electron chi connectivity index (χ0n) is 11.5. The van der Waals surface area contributed by atoms with Crippen molar-refractivity contribution in [3.05, 3.63) is 23.8 Å². The largest absolute Gasteiger partial charge is 0.394 e. The smallest absolute Gasteiger partial charge is 0.243 e. The molecule has 0 radical (unpaired) electrons. The van der Waals surface area contributed by atoms with Crippen LogP contribution in [0, 0.1) is 29.4 Å². The topological polar surface area (TPSA) is 72.2 Å². The van der Waals surface area contributed by atoms with Crippen LogP contribution in [-0.4, -0.2) is 15.0 Å². The van der Waals surface area contributed by atoms with Crippen LogP contribution in [0.2, 0.25) is 0 Å². The normalized spacial score (nSPS) is 28.2. The van der Waals surface area contributed by atoms with Gasteiger partial charge in [-0.05, 0) is 49.1 Å². The number of benzene rings is 1. The molecule has 0 spiro atoms. The van der Waals surface area contributed by atoms with Crippen LogP contribution >= 0.6 is 0 Å². The molecular weight excluding hydrogens is 298 g/mol. The molecule has 2 saturated carbocycles. The third-order valence-corrected chi connectivity index (χ3v) is 6.24. The minimum atomic E-state index is -4.01. The van der Waals surface area contributed by atoms with Crippen molar-refractivity contribution < 1.29 is 17.2 Å². The molecule has 0 amide bonds. The highest BCUT2D eigenvalue weighted by Crippen LogP contribution is 2.48. The van der Waals surface area contributed by atoms with Gasteiger partial charge >= 0.3 is 0 Å². The Morgan fingerprint density at radius 3 is 2.62 bits per heavy atom. The summed E-state index contributed by atoms with van der Waals surface area (Å²) in [5, 5.41) is 0. The maximum atomic E-state index is 13.8. The molecule has 0 aromatic heterocycles. The van der Waals surface area contributed by atoms with Gasteiger partial charge in [0.1, 0.15) is 16.4 Å². The van der Waals surface area contributed by atoms with Crippen LogP contribution in [0.25, 0.3) is 0 Å².